The van der Waals surface area contributed by atoms with Crippen LogP contribution in [0.3, 0.4) is 0 Å². The number of carbonyl (C=O) groups is 2. The number of thioether (sulfide) groups is 1. The van der Waals surface area contributed by atoms with Crippen molar-refractivity contribution in [2.24, 2.45) is 11.3 Å². The lowest BCUT2D eigenvalue weighted by molar-refractivity contribution is -0.125. The lowest BCUT2D eigenvalue weighted by atomic mass is 9.72. The molecule has 0 fully saturated rings. The van der Waals surface area contributed by atoms with Crippen LogP contribution in [0.5, 0.6) is 5.75 Å². The molecule has 0 spiro atoms. The number of hydrogen-bond donors (Lipinski definition) is 2. The van der Waals surface area contributed by atoms with Crippen molar-refractivity contribution < 1.29 is 14.3 Å². The summed E-state index contributed by atoms with van der Waals surface area (Å²) in [6.07, 6.45) is 0. The molecule has 0 bridgehead atoms. The molecule has 7 nitrogen and oxygen atoms in total. The molecule has 0 aromatic heterocycles. The number of allylic oxidation sites excluding steroid dienone is 1. The number of nitrogens with zero attached hydrogens (tertiary/aromatic N) is 2. The average Bonchev–Trinajstić information content (AvgIpc) is 2.61. The van der Waals surface area contributed by atoms with E-state index in [4.69, 9.17) is 16.3 Å². The highest BCUT2D eigenvalue weighted by molar-refractivity contribution is 8.04. The zero-order chi connectivity index (χ0) is 21.1. The Morgan fingerprint density at radius 3 is 2.68 bits per heavy atom. The predicted octanol–water partition coefficient (Wildman–Crippen LogP) is 3.44. The third-order valence-electron chi connectivity index (χ3n) is 4.42. The Hall–Kier alpha value is -2.68. The van der Waals surface area contributed by atoms with Crippen LogP contribution in [0.25, 0.3) is 0 Å². The molecule has 9 heteroatoms. The minimum absolute atomic E-state index is 0.267. The van der Waals surface area contributed by atoms with E-state index in [9.17, 15) is 20.1 Å². The van der Waals surface area contributed by atoms with E-state index in [0.717, 1.165) is 11.8 Å². The minimum atomic E-state index is -0.980. The first-order chi connectivity index (χ1) is 13.1. The summed E-state index contributed by atoms with van der Waals surface area (Å²) in [5.74, 6) is -1.37. The maximum atomic E-state index is 12.6. The third-order valence-corrected chi connectivity index (χ3v) is 5.76. The van der Waals surface area contributed by atoms with E-state index < -0.39 is 22.5 Å². The molecule has 1 aromatic carbocycles. The van der Waals surface area contributed by atoms with Gasteiger partial charge in [0.25, 0.3) is 0 Å². The normalized spacial score (nSPS) is 19.1. The predicted molar refractivity (Wildman–Crippen MR) is 107 cm³/mol. The second-order valence-corrected chi connectivity index (χ2v) is 8.47. The summed E-state index contributed by atoms with van der Waals surface area (Å²) in [6.45, 7) is 4.98. The molecule has 0 unspecified atom stereocenters. The van der Waals surface area contributed by atoms with E-state index in [1.165, 1.54) is 7.11 Å². The summed E-state index contributed by atoms with van der Waals surface area (Å²) in [4.78, 5) is 24.9. The van der Waals surface area contributed by atoms with Gasteiger partial charge in [0, 0.05) is 10.4 Å². The number of hydrogen-bond acceptors (Lipinski definition) is 6. The molecule has 2 N–H and O–H groups in total. The molecule has 2 amide bonds. The molecule has 146 valence electrons. The van der Waals surface area contributed by atoms with E-state index >= 15 is 0 Å². The average molecular weight is 419 g/mol. The summed E-state index contributed by atoms with van der Waals surface area (Å²) in [5, 5.41) is 24.2. The first-order valence-electron chi connectivity index (χ1n) is 8.32. The van der Waals surface area contributed by atoms with Crippen molar-refractivity contribution in [1.29, 1.82) is 10.5 Å². The molecular formula is C19H19ClN4O3S. The van der Waals surface area contributed by atoms with Crippen LogP contribution in [-0.4, -0.2) is 24.2 Å². The smallest absolute Gasteiger partial charge is 0.243 e. The summed E-state index contributed by atoms with van der Waals surface area (Å²) < 4.78 is 5.21. The van der Waals surface area contributed by atoms with E-state index in [1.807, 2.05) is 6.07 Å². The molecule has 1 aliphatic rings. The fourth-order valence-electron chi connectivity index (χ4n) is 2.76. The molecule has 0 saturated carbocycles. The van der Waals surface area contributed by atoms with Crippen LogP contribution in [0.2, 0.25) is 5.02 Å². The second-order valence-electron chi connectivity index (χ2n) is 6.68. The maximum absolute atomic E-state index is 12.6. The zero-order valence-electron chi connectivity index (χ0n) is 15.8. The number of methoxy groups -OCH3 is 1. The summed E-state index contributed by atoms with van der Waals surface area (Å²) in [5.41, 5.74) is -0.274. The largest absolute Gasteiger partial charge is 0.495 e. The molecule has 2 rings (SSSR count). The monoisotopic (exact) mass is 418 g/mol. The number of benzene rings is 1. The first-order valence-corrected chi connectivity index (χ1v) is 9.57. The third kappa shape index (κ3) is 4.24. The van der Waals surface area contributed by atoms with Gasteiger partial charge >= 0.3 is 0 Å². The molecule has 1 heterocycles. The summed E-state index contributed by atoms with van der Waals surface area (Å²) in [6, 6.07) is 8.86. The summed E-state index contributed by atoms with van der Waals surface area (Å²) >= 11 is 7.02. The quantitative estimate of drug-likeness (QED) is 0.756. The van der Waals surface area contributed by atoms with Gasteiger partial charge in [-0.25, -0.2) is 0 Å². The molecule has 2 atom stereocenters. The molecule has 1 aliphatic heterocycles. The number of nitriles is 2. The molecular weight excluding hydrogens is 400 g/mol. The SMILES string of the molecule is COc1ccc(Cl)cc1NC(=O)[C@H](C)SC1=C(C#N)C(C)(C)[C@H](C#N)C(=O)N1. The fourth-order valence-corrected chi connectivity index (χ4v) is 4.03. The van der Waals surface area contributed by atoms with Crippen molar-refractivity contribution >= 4 is 40.9 Å². The Morgan fingerprint density at radius 1 is 1.43 bits per heavy atom. The second kappa shape index (κ2) is 8.55. The van der Waals surface area contributed by atoms with Crippen LogP contribution in [0.1, 0.15) is 20.8 Å². The Bertz CT molecular complexity index is 930. The first kappa shape index (κ1) is 21.6. The number of carbonyl (C=O) groups excluding carboxylic acids is 2. The molecule has 0 saturated heterocycles. The summed E-state index contributed by atoms with van der Waals surface area (Å²) in [7, 11) is 1.48. The van der Waals surface area contributed by atoms with Crippen LogP contribution in [0.15, 0.2) is 28.8 Å². The Morgan fingerprint density at radius 2 is 2.11 bits per heavy atom. The number of amides is 2. The Balaban J connectivity index is 2.25. The van der Waals surface area contributed by atoms with E-state index in [2.05, 4.69) is 16.7 Å². The fraction of sp³-hybridized carbons (Fsp3) is 0.368. The Kier molecular flexibility index (Phi) is 6.60. The van der Waals surface area contributed by atoms with Gasteiger partial charge in [0.2, 0.25) is 11.8 Å². The molecule has 0 radical (unpaired) electrons. The van der Waals surface area contributed by atoms with Crippen LogP contribution in [0.4, 0.5) is 5.69 Å². The van der Waals surface area contributed by atoms with Gasteiger partial charge in [0.05, 0.1) is 40.8 Å². The van der Waals surface area contributed by atoms with Crippen molar-refractivity contribution in [2.45, 2.75) is 26.0 Å². The van der Waals surface area contributed by atoms with Gasteiger partial charge in [0.15, 0.2) is 0 Å². The van der Waals surface area contributed by atoms with Crippen molar-refractivity contribution in [3.05, 3.63) is 33.8 Å². The molecule has 0 aliphatic carbocycles. The van der Waals surface area contributed by atoms with E-state index in [1.54, 1.807) is 39.0 Å². The Labute approximate surface area is 172 Å². The molecule has 28 heavy (non-hydrogen) atoms. The van der Waals surface area contributed by atoms with Crippen molar-refractivity contribution in [3.8, 4) is 17.9 Å². The number of nitrogens with one attached hydrogen (secondary N) is 2. The zero-order valence-corrected chi connectivity index (χ0v) is 17.4. The topological polar surface area (TPSA) is 115 Å². The standard InChI is InChI=1S/C19H19ClN4O3S/c1-10(16(25)23-14-7-11(20)5-6-15(14)27-4)28-18-13(9-22)19(2,3)12(8-21)17(26)24-18/h5-7,10,12H,1-4H3,(H,23,25)(H,24,26)/t10-,12+/m0/s1. The van der Waals surface area contributed by atoms with Crippen molar-refractivity contribution in [2.75, 3.05) is 12.4 Å². The van der Waals surface area contributed by atoms with Crippen LogP contribution in [0, 0.1) is 34.0 Å². The highest BCUT2D eigenvalue weighted by Crippen LogP contribution is 2.42. The van der Waals surface area contributed by atoms with Gasteiger partial charge < -0.3 is 15.4 Å². The highest BCUT2D eigenvalue weighted by atomic mass is 35.5. The van der Waals surface area contributed by atoms with Crippen molar-refractivity contribution in [3.63, 3.8) is 0 Å². The number of halogens is 1. The van der Waals surface area contributed by atoms with Crippen molar-refractivity contribution in [1.82, 2.24) is 5.32 Å². The van der Waals surface area contributed by atoms with Gasteiger partial charge in [-0.1, -0.05) is 37.2 Å². The lowest BCUT2D eigenvalue weighted by Gasteiger charge is -2.35. The van der Waals surface area contributed by atoms with Gasteiger partial charge in [-0.05, 0) is 25.1 Å². The van der Waals surface area contributed by atoms with Crippen LogP contribution >= 0.6 is 23.4 Å². The molecule has 1 aromatic rings. The lowest BCUT2D eigenvalue weighted by Crippen LogP contribution is -2.45. The maximum Gasteiger partial charge on any atom is 0.243 e. The number of ether oxygens (including phenoxy) is 1. The number of anilines is 1. The van der Waals surface area contributed by atoms with Gasteiger partial charge in [0.1, 0.15) is 11.7 Å². The van der Waals surface area contributed by atoms with Crippen LogP contribution in [-0.2, 0) is 9.59 Å². The minimum Gasteiger partial charge on any atom is -0.495 e. The van der Waals surface area contributed by atoms with E-state index in [-0.39, 0.29) is 16.5 Å². The van der Waals surface area contributed by atoms with Gasteiger partial charge in [-0.2, -0.15) is 10.5 Å². The van der Waals surface area contributed by atoms with Crippen LogP contribution < -0.4 is 15.4 Å². The van der Waals surface area contributed by atoms with Gasteiger partial charge in [-0.15, -0.1) is 0 Å². The number of rotatable bonds is 5. The highest BCUT2D eigenvalue weighted by Gasteiger charge is 2.45. The van der Waals surface area contributed by atoms with E-state index in [0.29, 0.717) is 16.5 Å². The van der Waals surface area contributed by atoms with Gasteiger partial charge in [-0.3, -0.25) is 9.59 Å².